The van der Waals surface area contributed by atoms with Crippen molar-refractivity contribution in [3.05, 3.63) is 71.9 Å². The van der Waals surface area contributed by atoms with Crippen molar-refractivity contribution in [3.63, 3.8) is 0 Å². The van der Waals surface area contributed by atoms with Crippen LogP contribution in [0.3, 0.4) is 0 Å². The van der Waals surface area contributed by atoms with E-state index in [1.807, 2.05) is 67.6 Å². The fraction of sp³-hybridized carbons (Fsp3) is 0.348. The highest BCUT2D eigenvalue weighted by atomic mass is 32.2. The molecular formula is C23H27N3O3S. The molecule has 1 aliphatic heterocycles. The van der Waals surface area contributed by atoms with E-state index in [4.69, 9.17) is 0 Å². The molecule has 2 heterocycles. The van der Waals surface area contributed by atoms with Crippen molar-refractivity contribution in [2.45, 2.75) is 32.0 Å². The first-order chi connectivity index (χ1) is 14.4. The summed E-state index contributed by atoms with van der Waals surface area (Å²) >= 11 is 0. The summed E-state index contributed by atoms with van der Waals surface area (Å²) in [5, 5.41) is 4.35. The fourth-order valence-electron chi connectivity index (χ4n) is 4.26. The van der Waals surface area contributed by atoms with E-state index in [1.165, 1.54) is 0 Å². The number of hydrogen-bond donors (Lipinski definition) is 2. The first kappa shape index (κ1) is 20.6. The summed E-state index contributed by atoms with van der Waals surface area (Å²) in [6.45, 7) is 2.96. The zero-order valence-corrected chi connectivity index (χ0v) is 17.9. The van der Waals surface area contributed by atoms with Crippen LogP contribution in [0.2, 0.25) is 0 Å². The van der Waals surface area contributed by atoms with Gasteiger partial charge in [-0.1, -0.05) is 48.5 Å². The van der Waals surface area contributed by atoms with Crippen LogP contribution >= 0.6 is 0 Å². The van der Waals surface area contributed by atoms with Crippen LogP contribution in [0.4, 0.5) is 0 Å². The Morgan fingerprint density at radius 2 is 1.83 bits per heavy atom. The van der Waals surface area contributed by atoms with E-state index in [0.717, 1.165) is 16.5 Å². The number of benzene rings is 2. The van der Waals surface area contributed by atoms with Crippen molar-refractivity contribution >= 4 is 26.6 Å². The summed E-state index contributed by atoms with van der Waals surface area (Å²) in [5.41, 5.74) is 2.50. The molecule has 1 aromatic heterocycles. The van der Waals surface area contributed by atoms with Crippen LogP contribution in [-0.4, -0.2) is 54.3 Å². The molecule has 4 rings (SSSR count). The number of para-hydroxylation sites is 1. The molecule has 158 valence electrons. The molecule has 2 aromatic carbocycles. The Morgan fingerprint density at radius 1 is 1.10 bits per heavy atom. The van der Waals surface area contributed by atoms with Gasteiger partial charge in [-0.05, 0) is 31.0 Å². The van der Waals surface area contributed by atoms with Gasteiger partial charge in [-0.3, -0.25) is 4.79 Å². The molecule has 30 heavy (non-hydrogen) atoms. The number of carbonyl (C=O) groups is 1. The Bertz CT molecular complexity index is 1090. The molecule has 3 aromatic rings. The average molecular weight is 426 g/mol. The standard InChI is InChI=1S/C23H27N3O3S/c1-2-26(23(27)22-12-18-10-6-7-11-21(18)25-22)20-13-19(15-30(28,29)16-20)24-14-17-8-4-3-5-9-17/h3-12,19-20,24-25H,2,13-16H2,1H3/t19?,20-/m1/s1. The van der Waals surface area contributed by atoms with Crippen LogP contribution in [0.15, 0.2) is 60.7 Å². The molecule has 0 saturated carbocycles. The van der Waals surface area contributed by atoms with Crippen LogP contribution in [0.5, 0.6) is 0 Å². The van der Waals surface area contributed by atoms with Crippen molar-refractivity contribution < 1.29 is 13.2 Å². The van der Waals surface area contributed by atoms with Crippen molar-refractivity contribution in [1.29, 1.82) is 0 Å². The van der Waals surface area contributed by atoms with Gasteiger partial charge in [-0.2, -0.15) is 0 Å². The SMILES string of the molecule is CCN(C(=O)c1cc2ccccc2[nH]1)[C@@H]1CC(NCc2ccccc2)CS(=O)(=O)C1. The second-order valence-electron chi connectivity index (χ2n) is 7.89. The molecule has 0 aliphatic carbocycles. The first-order valence-electron chi connectivity index (χ1n) is 10.3. The van der Waals surface area contributed by atoms with E-state index in [2.05, 4.69) is 10.3 Å². The molecule has 1 aliphatic rings. The van der Waals surface area contributed by atoms with Crippen LogP contribution in [-0.2, 0) is 16.4 Å². The molecule has 6 nitrogen and oxygen atoms in total. The molecule has 1 saturated heterocycles. The van der Waals surface area contributed by atoms with Gasteiger partial charge in [-0.15, -0.1) is 0 Å². The van der Waals surface area contributed by atoms with Crippen LogP contribution in [0, 0.1) is 0 Å². The number of fused-ring (bicyclic) bond motifs is 1. The number of aromatic amines is 1. The minimum absolute atomic E-state index is 0.0102. The van der Waals surface area contributed by atoms with Crippen molar-refractivity contribution in [3.8, 4) is 0 Å². The number of aromatic nitrogens is 1. The summed E-state index contributed by atoms with van der Waals surface area (Å²) in [6.07, 6.45) is 0.617. The zero-order valence-electron chi connectivity index (χ0n) is 17.0. The Morgan fingerprint density at radius 3 is 2.57 bits per heavy atom. The summed E-state index contributed by atoms with van der Waals surface area (Å²) in [4.78, 5) is 18.1. The molecular weight excluding hydrogens is 398 g/mol. The normalized spacial score (nSPS) is 20.8. The predicted octanol–water partition coefficient (Wildman–Crippen LogP) is 2.98. The molecule has 0 radical (unpaired) electrons. The second-order valence-corrected chi connectivity index (χ2v) is 10.0. The molecule has 1 amide bonds. The number of nitrogens with one attached hydrogen (secondary N) is 2. The van der Waals surface area contributed by atoms with E-state index >= 15 is 0 Å². The topological polar surface area (TPSA) is 82.3 Å². The van der Waals surface area contributed by atoms with Gasteiger partial charge >= 0.3 is 0 Å². The third-order valence-corrected chi connectivity index (χ3v) is 7.50. The number of amides is 1. The lowest BCUT2D eigenvalue weighted by molar-refractivity contribution is 0.0682. The number of nitrogens with zero attached hydrogens (tertiary/aromatic N) is 1. The average Bonchev–Trinajstić information content (AvgIpc) is 3.17. The Hall–Kier alpha value is -2.64. The van der Waals surface area contributed by atoms with Gasteiger partial charge in [0.25, 0.3) is 5.91 Å². The lowest BCUT2D eigenvalue weighted by Gasteiger charge is -2.37. The van der Waals surface area contributed by atoms with Crippen LogP contribution in [0.1, 0.15) is 29.4 Å². The molecule has 1 fully saturated rings. The fourth-order valence-corrected chi connectivity index (χ4v) is 6.17. The van der Waals surface area contributed by atoms with Gasteiger partial charge in [0.1, 0.15) is 5.69 Å². The van der Waals surface area contributed by atoms with E-state index < -0.39 is 9.84 Å². The van der Waals surface area contributed by atoms with E-state index in [9.17, 15) is 13.2 Å². The third kappa shape index (κ3) is 4.57. The molecule has 1 unspecified atom stereocenters. The largest absolute Gasteiger partial charge is 0.351 e. The first-order valence-corrected chi connectivity index (χ1v) is 12.1. The predicted molar refractivity (Wildman–Crippen MR) is 119 cm³/mol. The van der Waals surface area contributed by atoms with Gasteiger partial charge in [0.2, 0.25) is 0 Å². The second kappa shape index (κ2) is 8.62. The molecule has 7 heteroatoms. The molecule has 0 spiro atoms. The van der Waals surface area contributed by atoms with Gasteiger partial charge in [-0.25, -0.2) is 8.42 Å². The van der Waals surface area contributed by atoms with Crippen LogP contribution in [0.25, 0.3) is 10.9 Å². The van der Waals surface area contributed by atoms with E-state index in [1.54, 1.807) is 4.90 Å². The highest BCUT2D eigenvalue weighted by molar-refractivity contribution is 7.91. The summed E-state index contributed by atoms with van der Waals surface area (Å²) < 4.78 is 25.2. The quantitative estimate of drug-likeness (QED) is 0.636. The molecule has 0 bridgehead atoms. The molecule has 2 N–H and O–H groups in total. The number of H-pyrrole nitrogens is 1. The highest BCUT2D eigenvalue weighted by Gasteiger charge is 2.36. The van der Waals surface area contributed by atoms with Gasteiger partial charge in [0, 0.05) is 36.1 Å². The van der Waals surface area contributed by atoms with E-state index in [-0.39, 0.29) is 29.5 Å². The smallest absolute Gasteiger partial charge is 0.270 e. The lowest BCUT2D eigenvalue weighted by atomic mass is 10.1. The number of sulfone groups is 1. The van der Waals surface area contributed by atoms with Gasteiger partial charge in [0.15, 0.2) is 9.84 Å². The maximum Gasteiger partial charge on any atom is 0.270 e. The van der Waals surface area contributed by atoms with E-state index in [0.29, 0.717) is 25.2 Å². The van der Waals surface area contributed by atoms with Gasteiger partial charge in [0.05, 0.1) is 11.5 Å². The summed E-state index contributed by atoms with van der Waals surface area (Å²) in [6, 6.07) is 19.0. The van der Waals surface area contributed by atoms with Crippen LogP contribution < -0.4 is 5.32 Å². The van der Waals surface area contributed by atoms with Crippen molar-refractivity contribution in [1.82, 2.24) is 15.2 Å². The third-order valence-electron chi connectivity index (χ3n) is 5.70. The van der Waals surface area contributed by atoms with Gasteiger partial charge < -0.3 is 15.2 Å². The Kier molecular flexibility index (Phi) is 5.92. The Labute approximate surface area is 177 Å². The molecule has 2 atom stereocenters. The minimum Gasteiger partial charge on any atom is -0.351 e. The summed E-state index contributed by atoms with van der Waals surface area (Å²) in [7, 11) is -3.25. The maximum atomic E-state index is 13.2. The zero-order chi connectivity index (χ0) is 21.1. The summed E-state index contributed by atoms with van der Waals surface area (Å²) in [5.74, 6) is -0.0391. The van der Waals surface area contributed by atoms with Crippen molar-refractivity contribution in [2.24, 2.45) is 0 Å². The lowest BCUT2D eigenvalue weighted by Crippen LogP contribution is -2.53. The highest BCUT2D eigenvalue weighted by Crippen LogP contribution is 2.22. The number of rotatable bonds is 6. The Balaban J connectivity index is 1.51. The number of carbonyl (C=O) groups excluding carboxylic acids is 1. The monoisotopic (exact) mass is 425 g/mol. The maximum absolute atomic E-state index is 13.2. The number of hydrogen-bond acceptors (Lipinski definition) is 4. The van der Waals surface area contributed by atoms with Crippen molar-refractivity contribution in [2.75, 3.05) is 18.1 Å². The minimum atomic E-state index is -3.25.